The van der Waals surface area contributed by atoms with E-state index in [2.05, 4.69) is 26.0 Å². The van der Waals surface area contributed by atoms with Crippen molar-refractivity contribution >= 4 is 21.9 Å². The van der Waals surface area contributed by atoms with E-state index in [-0.39, 0.29) is 5.82 Å². The number of hydrogen-bond donors (Lipinski definition) is 1. The van der Waals surface area contributed by atoms with E-state index in [1.807, 2.05) is 24.3 Å². The van der Waals surface area contributed by atoms with Gasteiger partial charge in [0.1, 0.15) is 6.33 Å². The number of hydrogen-bond acceptors (Lipinski definition) is 3. The number of carboxylic acid groups (broad SMARTS) is 1. The Morgan fingerprint density at radius 1 is 1.44 bits per heavy atom. The average molecular weight is 282 g/mol. The van der Waals surface area contributed by atoms with Crippen LogP contribution in [0.5, 0.6) is 0 Å². The molecule has 0 fully saturated rings. The quantitative estimate of drug-likeness (QED) is 0.931. The zero-order valence-corrected chi connectivity index (χ0v) is 9.75. The van der Waals surface area contributed by atoms with Gasteiger partial charge in [0.15, 0.2) is 0 Å². The maximum absolute atomic E-state index is 10.6. The van der Waals surface area contributed by atoms with E-state index in [0.29, 0.717) is 6.54 Å². The molecule has 0 aliphatic carbocycles. The van der Waals surface area contributed by atoms with E-state index >= 15 is 0 Å². The van der Waals surface area contributed by atoms with Gasteiger partial charge in [0, 0.05) is 4.47 Å². The Labute approximate surface area is 99.9 Å². The summed E-state index contributed by atoms with van der Waals surface area (Å²) in [5.74, 6) is -1.31. The molecule has 1 aromatic carbocycles. The Bertz CT molecular complexity index is 524. The maximum Gasteiger partial charge on any atom is 0.375 e. The first-order valence-corrected chi connectivity index (χ1v) is 5.32. The van der Waals surface area contributed by atoms with Gasteiger partial charge in [0.25, 0.3) is 5.82 Å². The SMILES string of the molecule is O=C(O)c1ncn(Cc2ccccc2Br)n1. The van der Waals surface area contributed by atoms with Gasteiger partial charge in [0.05, 0.1) is 6.54 Å². The van der Waals surface area contributed by atoms with E-state index in [1.165, 1.54) is 11.0 Å². The zero-order valence-electron chi connectivity index (χ0n) is 8.17. The van der Waals surface area contributed by atoms with Crippen molar-refractivity contribution in [1.29, 1.82) is 0 Å². The number of rotatable bonds is 3. The Morgan fingerprint density at radius 2 is 2.19 bits per heavy atom. The lowest BCUT2D eigenvalue weighted by Crippen LogP contribution is -2.04. The van der Waals surface area contributed by atoms with Gasteiger partial charge < -0.3 is 5.11 Å². The summed E-state index contributed by atoms with van der Waals surface area (Å²) in [7, 11) is 0. The van der Waals surface area contributed by atoms with Gasteiger partial charge >= 0.3 is 5.97 Å². The van der Waals surface area contributed by atoms with Crippen LogP contribution in [-0.4, -0.2) is 25.8 Å². The molecule has 6 heteroatoms. The van der Waals surface area contributed by atoms with Crippen molar-refractivity contribution in [1.82, 2.24) is 14.8 Å². The molecule has 82 valence electrons. The second-order valence-corrected chi connectivity index (χ2v) is 4.02. The molecule has 0 bridgehead atoms. The molecule has 2 rings (SSSR count). The van der Waals surface area contributed by atoms with Crippen LogP contribution >= 0.6 is 15.9 Å². The Kier molecular flexibility index (Phi) is 3.00. The molecule has 0 saturated carbocycles. The standard InChI is InChI=1S/C10H8BrN3O2/c11-8-4-2-1-3-7(8)5-14-6-12-9(13-14)10(15)16/h1-4,6H,5H2,(H,15,16). The second-order valence-electron chi connectivity index (χ2n) is 3.16. The zero-order chi connectivity index (χ0) is 11.5. The van der Waals surface area contributed by atoms with E-state index in [1.54, 1.807) is 0 Å². The molecule has 0 aliphatic rings. The molecule has 1 aromatic heterocycles. The first kappa shape index (κ1) is 10.8. The summed E-state index contributed by atoms with van der Waals surface area (Å²) in [6.07, 6.45) is 1.41. The van der Waals surface area contributed by atoms with Crippen molar-refractivity contribution in [3.05, 3.63) is 46.5 Å². The number of halogens is 1. The van der Waals surface area contributed by atoms with Crippen LogP contribution in [0.2, 0.25) is 0 Å². The number of nitrogens with zero attached hydrogens (tertiary/aromatic N) is 3. The second kappa shape index (κ2) is 4.44. The molecule has 0 spiro atoms. The van der Waals surface area contributed by atoms with Crippen LogP contribution in [0, 0.1) is 0 Å². The lowest BCUT2D eigenvalue weighted by molar-refractivity contribution is 0.0683. The molecular formula is C10H8BrN3O2. The van der Waals surface area contributed by atoms with Gasteiger partial charge in [-0.3, -0.25) is 0 Å². The molecule has 0 aliphatic heterocycles. The van der Waals surface area contributed by atoms with Crippen LogP contribution in [0.4, 0.5) is 0 Å². The summed E-state index contributed by atoms with van der Waals surface area (Å²) < 4.78 is 2.45. The third-order valence-electron chi connectivity index (χ3n) is 2.02. The van der Waals surface area contributed by atoms with E-state index in [9.17, 15) is 4.79 Å². The molecule has 5 nitrogen and oxygen atoms in total. The van der Waals surface area contributed by atoms with Gasteiger partial charge in [-0.05, 0) is 11.6 Å². The highest BCUT2D eigenvalue weighted by atomic mass is 79.9. The van der Waals surface area contributed by atoms with Gasteiger partial charge in [-0.25, -0.2) is 14.5 Å². The van der Waals surface area contributed by atoms with Crippen molar-refractivity contribution in [2.24, 2.45) is 0 Å². The highest BCUT2D eigenvalue weighted by molar-refractivity contribution is 9.10. The molecule has 0 amide bonds. The predicted molar refractivity (Wildman–Crippen MR) is 60.2 cm³/mol. The van der Waals surface area contributed by atoms with E-state index in [4.69, 9.17) is 5.11 Å². The molecule has 1 N–H and O–H groups in total. The molecule has 0 radical (unpaired) electrons. The first-order chi connectivity index (χ1) is 7.66. The highest BCUT2D eigenvalue weighted by Gasteiger charge is 2.09. The predicted octanol–water partition coefficient (Wildman–Crippen LogP) is 1.79. The van der Waals surface area contributed by atoms with Crippen molar-refractivity contribution < 1.29 is 9.90 Å². The first-order valence-electron chi connectivity index (χ1n) is 4.53. The van der Waals surface area contributed by atoms with Crippen molar-refractivity contribution in [2.45, 2.75) is 6.54 Å². The molecule has 1 heterocycles. The van der Waals surface area contributed by atoms with Crippen molar-refractivity contribution in [2.75, 3.05) is 0 Å². The summed E-state index contributed by atoms with van der Waals surface area (Å²) in [6, 6.07) is 7.68. The summed E-state index contributed by atoms with van der Waals surface area (Å²) in [4.78, 5) is 14.3. The van der Waals surface area contributed by atoms with E-state index in [0.717, 1.165) is 10.0 Å². The fraction of sp³-hybridized carbons (Fsp3) is 0.100. The normalized spacial score (nSPS) is 10.3. The number of carboxylic acids is 1. The van der Waals surface area contributed by atoms with Gasteiger partial charge in [-0.15, -0.1) is 5.10 Å². The van der Waals surface area contributed by atoms with Crippen LogP contribution in [0.1, 0.15) is 16.2 Å². The molecule has 0 unspecified atom stereocenters. The molecule has 0 saturated heterocycles. The van der Waals surface area contributed by atoms with Crippen LogP contribution in [0.3, 0.4) is 0 Å². The van der Waals surface area contributed by atoms with Crippen LogP contribution in [-0.2, 0) is 6.54 Å². The Morgan fingerprint density at radius 3 is 2.81 bits per heavy atom. The fourth-order valence-corrected chi connectivity index (χ4v) is 1.68. The smallest absolute Gasteiger partial charge is 0.375 e. The number of aromatic carboxylic acids is 1. The third-order valence-corrected chi connectivity index (χ3v) is 2.79. The minimum Gasteiger partial charge on any atom is -0.475 e. The minimum atomic E-state index is -1.12. The average Bonchev–Trinajstić information content (AvgIpc) is 2.70. The number of aromatic nitrogens is 3. The van der Waals surface area contributed by atoms with Gasteiger partial charge in [0.2, 0.25) is 0 Å². The van der Waals surface area contributed by atoms with Gasteiger partial charge in [-0.2, -0.15) is 0 Å². The fourth-order valence-electron chi connectivity index (χ4n) is 1.27. The lowest BCUT2D eigenvalue weighted by Gasteiger charge is -2.02. The molecular weight excluding hydrogens is 274 g/mol. The van der Waals surface area contributed by atoms with Crippen molar-refractivity contribution in [3.8, 4) is 0 Å². The maximum atomic E-state index is 10.6. The molecule has 16 heavy (non-hydrogen) atoms. The molecule has 0 atom stereocenters. The summed E-state index contributed by atoms with van der Waals surface area (Å²) in [5.41, 5.74) is 1.02. The topological polar surface area (TPSA) is 68.0 Å². The lowest BCUT2D eigenvalue weighted by atomic mass is 10.2. The monoisotopic (exact) mass is 281 g/mol. The summed E-state index contributed by atoms with van der Waals surface area (Å²) in [5, 5.41) is 12.5. The summed E-state index contributed by atoms with van der Waals surface area (Å²) in [6.45, 7) is 0.488. The van der Waals surface area contributed by atoms with E-state index < -0.39 is 5.97 Å². The number of carbonyl (C=O) groups is 1. The largest absolute Gasteiger partial charge is 0.475 e. The summed E-state index contributed by atoms with van der Waals surface area (Å²) >= 11 is 3.41. The van der Waals surface area contributed by atoms with Gasteiger partial charge in [-0.1, -0.05) is 34.1 Å². The van der Waals surface area contributed by atoms with Crippen LogP contribution in [0.15, 0.2) is 35.1 Å². The Hall–Kier alpha value is -1.69. The molecule has 2 aromatic rings. The van der Waals surface area contributed by atoms with Crippen LogP contribution < -0.4 is 0 Å². The number of benzene rings is 1. The Balaban J connectivity index is 2.21. The third kappa shape index (κ3) is 2.27. The highest BCUT2D eigenvalue weighted by Crippen LogP contribution is 2.16. The van der Waals surface area contributed by atoms with Crippen molar-refractivity contribution in [3.63, 3.8) is 0 Å². The minimum absolute atomic E-state index is 0.188. The van der Waals surface area contributed by atoms with Crippen LogP contribution in [0.25, 0.3) is 0 Å².